The van der Waals surface area contributed by atoms with Crippen molar-refractivity contribution < 1.29 is 0 Å². The maximum absolute atomic E-state index is 5.06. The molecule has 0 spiro atoms. The Bertz CT molecular complexity index is 862. The second kappa shape index (κ2) is 5.23. The Morgan fingerprint density at radius 2 is 1.36 bits per heavy atom. The zero-order valence-electron chi connectivity index (χ0n) is 13.3. The van der Waals surface area contributed by atoms with E-state index in [1.54, 1.807) is 0 Å². The lowest BCUT2D eigenvalue weighted by Crippen LogP contribution is -2.10. The predicted molar refractivity (Wildman–Crippen MR) is 90.5 cm³/mol. The number of fused-ring (bicyclic) bond motifs is 2. The van der Waals surface area contributed by atoms with Crippen LogP contribution in [0.15, 0.2) is 0 Å². The molecular formula is C17H20N4S. The van der Waals surface area contributed by atoms with Gasteiger partial charge in [-0.3, -0.25) is 0 Å². The monoisotopic (exact) mass is 312 g/mol. The molecule has 1 aliphatic carbocycles. The SMILES string of the molecule is Cc1nc2c(C)c3nsnc3c(C)c2nc1C1CCCCC1. The Morgan fingerprint density at radius 3 is 2.00 bits per heavy atom. The van der Waals surface area contributed by atoms with Gasteiger partial charge in [-0.25, -0.2) is 9.97 Å². The Labute approximate surface area is 134 Å². The fourth-order valence-corrected chi connectivity index (χ4v) is 4.37. The number of aryl methyl sites for hydroxylation is 3. The second-order valence-corrected chi connectivity index (χ2v) is 6.97. The molecule has 0 bridgehead atoms. The van der Waals surface area contributed by atoms with Gasteiger partial charge < -0.3 is 0 Å². The average Bonchev–Trinajstić information content (AvgIpc) is 3.03. The standard InChI is InChI=1S/C17H20N4S/c1-9-13-14(10(2)16-15(9)20-22-21-16)19-17(11(3)18-13)12-7-5-4-6-8-12/h12H,4-8H2,1-3H3. The van der Waals surface area contributed by atoms with Gasteiger partial charge in [0.2, 0.25) is 0 Å². The maximum Gasteiger partial charge on any atom is 0.110 e. The number of rotatable bonds is 1. The summed E-state index contributed by atoms with van der Waals surface area (Å²) in [6.07, 6.45) is 6.49. The van der Waals surface area contributed by atoms with Crippen LogP contribution in [0.3, 0.4) is 0 Å². The molecule has 1 fully saturated rings. The molecule has 1 aliphatic rings. The molecule has 0 atom stereocenters. The van der Waals surface area contributed by atoms with E-state index >= 15 is 0 Å². The molecule has 114 valence electrons. The largest absolute Gasteiger partial charge is 0.249 e. The van der Waals surface area contributed by atoms with E-state index in [4.69, 9.17) is 9.97 Å². The summed E-state index contributed by atoms with van der Waals surface area (Å²) in [6.45, 7) is 6.29. The van der Waals surface area contributed by atoms with Gasteiger partial charge in [0.1, 0.15) is 11.0 Å². The molecule has 0 aliphatic heterocycles. The van der Waals surface area contributed by atoms with Crippen LogP contribution in [-0.2, 0) is 0 Å². The highest BCUT2D eigenvalue weighted by Crippen LogP contribution is 2.35. The van der Waals surface area contributed by atoms with Gasteiger partial charge in [-0.2, -0.15) is 8.75 Å². The van der Waals surface area contributed by atoms with E-state index in [1.165, 1.54) is 49.5 Å². The third kappa shape index (κ3) is 2.02. The molecule has 3 aromatic rings. The van der Waals surface area contributed by atoms with Crippen molar-refractivity contribution in [2.45, 2.75) is 58.8 Å². The van der Waals surface area contributed by atoms with E-state index in [1.807, 2.05) is 0 Å². The van der Waals surface area contributed by atoms with E-state index in [9.17, 15) is 0 Å². The molecule has 0 N–H and O–H groups in total. The number of benzene rings is 1. The molecule has 1 aromatic carbocycles. The van der Waals surface area contributed by atoms with Gasteiger partial charge in [-0.05, 0) is 33.6 Å². The second-order valence-electron chi connectivity index (χ2n) is 6.44. The third-order valence-corrected chi connectivity index (χ3v) is 5.54. The van der Waals surface area contributed by atoms with Gasteiger partial charge in [-0.1, -0.05) is 19.3 Å². The Morgan fingerprint density at radius 1 is 0.773 bits per heavy atom. The summed E-state index contributed by atoms with van der Waals surface area (Å²) in [5.41, 5.74) is 8.50. The highest BCUT2D eigenvalue weighted by atomic mass is 32.1. The number of aromatic nitrogens is 4. The van der Waals surface area contributed by atoms with Gasteiger partial charge in [0.15, 0.2) is 0 Å². The first kappa shape index (κ1) is 14.0. The van der Waals surface area contributed by atoms with Crippen LogP contribution in [0.4, 0.5) is 0 Å². The van der Waals surface area contributed by atoms with Crippen LogP contribution in [0.25, 0.3) is 22.1 Å². The van der Waals surface area contributed by atoms with Crippen molar-refractivity contribution >= 4 is 33.8 Å². The Kier molecular flexibility index (Phi) is 3.33. The van der Waals surface area contributed by atoms with E-state index in [0.717, 1.165) is 38.9 Å². The molecule has 4 nitrogen and oxygen atoms in total. The lowest BCUT2D eigenvalue weighted by atomic mass is 9.86. The van der Waals surface area contributed by atoms with Gasteiger partial charge in [0.05, 0.1) is 34.1 Å². The van der Waals surface area contributed by atoms with Crippen LogP contribution < -0.4 is 0 Å². The predicted octanol–water partition coefficient (Wildman–Crippen LogP) is 4.61. The Balaban J connectivity index is 1.99. The summed E-state index contributed by atoms with van der Waals surface area (Å²) < 4.78 is 8.89. The van der Waals surface area contributed by atoms with Crippen molar-refractivity contribution in [3.8, 4) is 0 Å². The summed E-state index contributed by atoms with van der Waals surface area (Å²) in [6, 6.07) is 0. The van der Waals surface area contributed by atoms with E-state index in [2.05, 4.69) is 29.5 Å². The van der Waals surface area contributed by atoms with Crippen LogP contribution in [-0.4, -0.2) is 18.7 Å². The van der Waals surface area contributed by atoms with Crippen molar-refractivity contribution in [2.75, 3.05) is 0 Å². The summed E-state index contributed by atoms with van der Waals surface area (Å²) in [5, 5.41) is 0. The van der Waals surface area contributed by atoms with Gasteiger partial charge in [0.25, 0.3) is 0 Å². The third-order valence-electron chi connectivity index (χ3n) is 5.01. The molecule has 1 saturated carbocycles. The fraction of sp³-hybridized carbons (Fsp3) is 0.529. The zero-order chi connectivity index (χ0) is 15.3. The van der Waals surface area contributed by atoms with Gasteiger partial charge >= 0.3 is 0 Å². The zero-order valence-corrected chi connectivity index (χ0v) is 14.1. The summed E-state index contributed by atoms with van der Waals surface area (Å²) in [5.74, 6) is 0.578. The summed E-state index contributed by atoms with van der Waals surface area (Å²) >= 11 is 1.27. The molecule has 0 saturated heterocycles. The first-order valence-corrected chi connectivity index (χ1v) is 8.79. The molecule has 0 amide bonds. The highest BCUT2D eigenvalue weighted by molar-refractivity contribution is 7.00. The first-order chi connectivity index (χ1) is 10.7. The molecule has 4 rings (SSSR count). The Hall–Kier alpha value is -1.62. The normalized spacial score (nSPS) is 16.7. The number of hydrogen-bond donors (Lipinski definition) is 0. The first-order valence-electron chi connectivity index (χ1n) is 8.06. The molecule has 5 heteroatoms. The van der Waals surface area contributed by atoms with Crippen LogP contribution >= 0.6 is 11.7 Å². The molecular weight excluding hydrogens is 292 g/mol. The van der Waals surface area contributed by atoms with E-state index < -0.39 is 0 Å². The maximum atomic E-state index is 5.06. The smallest absolute Gasteiger partial charge is 0.110 e. The topological polar surface area (TPSA) is 51.6 Å². The van der Waals surface area contributed by atoms with Crippen molar-refractivity contribution in [2.24, 2.45) is 0 Å². The molecule has 0 unspecified atom stereocenters. The van der Waals surface area contributed by atoms with Crippen LogP contribution in [0.2, 0.25) is 0 Å². The lowest BCUT2D eigenvalue weighted by molar-refractivity contribution is 0.435. The number of nitrogens with zero attached hydrogens (tertiary/aromatic N) is 4. The van der Waals surface area contributed by atoms with Crippen molar-refractivity contribution in [3.05, 3.63) is 22.5 Å². The minimum absolute atomic E-state index is 0.578. The van der Waals surface area contributed by atoms with E-state index in [0.29, 0.717) is 5.92 Å². The van der Waals surface area contributed by atoms with E-state index in [-0.39, 0.29) is 0 Å². The van der Waals surface area contributed by atoms with Gasteiger partial charge in [0, 0.05) is 17.0 Å². The minimum atomic E-state index is 0.578. The highest BCUT2D eigenvalue weighted by Gasteiger charge is 2.22. The summed E-state index contributed by atoms with van der Waals surface area (Å²) in [7, 11) is 0. The molecule has 2 aromatic heterocycles. The average molecular weight is 312 g/mol. The molecule has 0 radical (unpaired) electrons. The van der Waals surface area contributed by atoms with Gasteiger partial charge in [-0.15, -0.1) is 0 Å². The van der Waals surface area contributed by atoms with Crippen molar-refractivity contribution in [1.82, 2.24) is 18.7 Å². The van der Waals surface area contributed by atoms with Crippen molar-refractivity contribution in [3.63, 3.8) is 0 Å². The minimum Gasteiger partial charge on any atom is -0.249 e. The quantitative estimate of drug-likeness (QED) is 0.658. The van der Waals surface area contributed by atoms with Crippen LogP contribution in [0, 0.1) is 20.8 Å². The number of hydrogen-bond acceptors (Lipinski definition) is 5. The van der Waals surface area contributed by atoms with Crippen LogP contribution in [0.5, 0.6) is 0 Å². The molecule has 2 heterocycles. The molecule has 22 heavy (non-hydrogen) atoms. The fourth-order valence-electron chi connectivity index (χ4n) is 3.72. The lowest BCUT2D eigenvalue weighted by Gasteiger charge is -2.23. The van der Waals surface area contributed by atoms with Crippen molar-refractivity contribution in [1.29, 1.82) is 0 Å². The summed E-state index contributed by atoms with van der Waals surface area (Å²) in [4.78, 5) is 9.98. The van der Waals surface area contributed by atoms with Crippen LogP contribution in [0.1, 0.15) is 60.5 Å².